The molecule has 0 heterocycles. The van der Waals surface area contributed by atoms with Gasteiger partial charge < -0.3 is 0 Å². The topological polar surface area (TPSA) is 0 Å². The second-order valence-corrected chi connectivity index (χ2v) is 10.7. The maximum absolute atomic E-state index is 13.9. The number of hydrogen-bond donors (Lipinski definition) is 0. The van der Waals surface area contributed by atoms with Crippen molar-refractivity contribution in [2.45, 2.75) is 13.8 Å². The third-order valence-corrected chi connectivity index (χ3v) is 8.87. The van der Waals surface area contributed by atoms with E-state index in [9.17, 15) is 8.78 Å². The Hall–Kier alpha value is -3.61. The van der Waals surface area contributed by atoms with Gasteiger partial charge in [0.25, 0.3) is 0 Å². The van der Waals surface area contributed by atoms with E-state index in [0.29, 0.717) is 0 Å². The van der Waals surface area contributed by atoms with Crippen molar-refractivity contribution in [3.05, 3.63) is 132 Å². The van der Waals surface area contributed by atoms with Crippen molar-refractivity contribution in [1.29, 1.82) is 0 Å². The molecule has 5 rings (SSSR count). The molecule has 0 saturated carbocycles. The van der Waals surface area contributed by atoms with Crippen molar-refractivity contribution in [1.82, 2.24) is 0 Å². The Morgan fingerprint density at radius 1 is 0.657 bits per heavy atom. The predicted octanol–water partition coefficient (Wildman–Crippen LogP) is 7.97. The van der Waals surface area contributed by atoms with E-state index in [1.807, 2.05) is 24.3 Å². The van der Waals surface area contributed by atoms with Gasteiger partial charge in [-0.25, -0.2) is 8.78 Å². The Labute approximate surface area is 206 Å². The monoisotopic (exact) mass is 478 g/mol. The van der Waals surface area contributed by atoms with E-state index in [1.165, 1.54) is 51.7 Å². The molecule has 5 aromatic rings. The summed E-state index contributed by atoms with van der Waals surface area (Å²) in [4.78, 5) is 0. The minimum atomic E-state index is -1.06. The zero-order chi connectivity index (χ0) is 24.4. The number of allylic oxidation sites excluding steroid dienone is 2. The fourth-order valence-corrected chi connectivity index (χ4v) is 6.94. The molecule has 0 aliphatic rings. The molecule has 172 valence electrons. The molecule has 0 amide bonds. The van der Waals surface area contributed by atoms with E-state index in [2.05, 4.69) is 80.6 Å². The third-order valence-electron chi connectivity index (χ3n) is 6.37. The van der Waals surface area contributed by atoms with E-state index < -0.39 is 7.92 Å². The van der Waals surface area contributed by atoms with Crippen LogP contribution in [0.2, 0.25) is 0 Å². The van der Waals surface area contributed by atoms with Gasteiger partial charge in [0.15, 0.2) is 0 Å². The zero-order valence-electron chi connectivity index (χ0n) is 19.7. The van der Waals surface area contributed by atoms with Gasteiger partial charge in [0.05, 0.1) is 0 Å². The highest BCUT2D eigenvalue weighted by Gasteiger charge is 2.23. The molecule has 5 aromatic carbocycles. The molecular formula is C32H25F2P. The van der Waals surface area contributed by atoms with Gasteiger partial charge >= 0.3 is 0 Å². The van der Waals surface area contributed by atoms with Crippen molar-refractivity contribution in [2.24, 2.45) is 0 Å². The Kier molecular flexibility index (Phi) is 6.57. The molecule has 35 heavy (non-hydrogen) atoms. The Bertz CT molecular complexity index is 1470. The van der Waals surface area contributed by atoms with Gasteiger partial charge in [0.1, 0.15) is 11.6 Å². The fraction of sp³-hybridized carbons (Fsp3) is 0.0625. The fourth-order valence-electron chi connectivity index (χ4n) is 4.53. The van der Waals surface area contributed by atoms with Gasteiger partial charge in [-0.2, -0.15) is 0 Å². The van der Waals surface area contributed by atoms with Crippen LogP contribution in [0.15, 0.2) is 115 Å². The van der Waals surface area contributed by atoms with Crippen molar-refractivity contribution >= 4 is 40.2 Å². The quantitative estimate of drug-likeness (QED) is 0.225. The lowest BCUT2D eigenvalue weighted by Gasteiger charge is -2.24. The number of fused-ring (bicyclic) bond motifs is 1. The first-order chi connectivity index (χ1) is 17.1. The second kappa shape index (κ2) is 9.94. The molecule has 0 unspecified atom stereocenters. The van der Waals surface area contributed by atoms with E-state index in [0.717, 1.165) is 21.5 Å². The lowest BCUT2D eigenvalue weighted by molar-refractivity contribution is 0.628. The molecule has 0 bridgehead atoms. The molecule has 0 atom stereocenters. The van der Waals surface area contributed by atoms with Crippen LogP contribution < -0.4 is 15.9 Å². The Morgan fingerprint density at radius 3 is 1.86 bits per heavy atom. The summed E-state index contributed by atoms with van der Waals surface area (Å²) < 4.78 is 27.7. The first-order valence-electron chi connectivity index (χ1n) is 11.6. The van der Waals surface area contributed by atoms with Crippen LogP contribution in [-0.2, 0) is 0 Å². The summed E-state index contributed by atoms with van der Waals surface area (Å²) in [5.41, 5.74) is 4.71. The summed E-state index contributed by atoms with van der Waals surface area (Å²) in [6, 6.07) is 34.7. The Morgan fingerprint density at radius 2 is 1.23 bits per heavy atom. The maximum Gasteiger partial charge on any atom is 0.123 e. The molecule has 0 nitrogen and oxygen atoms in total. The van der Waals surface area contributed by atoms with Crippen molar-refractivity contribution in [2.75, 3.05) is 0 Å². The minimum Gasteiger partial charge on any atom is -0.207 e. The first kappa shape index (κ1) is 23.1. The average molecular weight is 479 g/mol. The molecule has 0 spiro atoms. The van der Waals surface area contributed by atoms with Gasteiger partial charge in [0, 0.05) is 0 Å². The Balaban J connectivity index is 1.84. The number of hydrogen-bond acceptors (Lipinski definition) is 0. The molecule has 0 aliphatic carbocycles. The van der Waals surface area contributed by atoms with Gasteiger partial charge in [-0.05, 0) is 95.0 Å². The molecule has 0 aromatic heterocycles. The van der Waals surface area contributed by atoms with Crippen LogP contribution >= 0.6 is 7.92 Å². The molecule has 0 saturated heterocycles. The highest BCUT2D eigenvalue weighted by Crippen LogP contribution is 2.41. The van der Waals surface area contributed by atoms with Crippen LogP contribution in [0.3, 0.4) is 0 Å². The van der Waals surface area contributed by atoms with Gasteiger partial charge in [0.2, 0.25) is 0 Å². The minimum absolute atomic E-state index is 0.267. The highest BCUT2D eigenvalue weighted by molar-refractivity contribution is 7.80. The highest BCUT2D eigenvalue weighted by atomic mass is 31.1. The summed E-state index contributed by atoms with van der Waals surface area (Å²) in [7, 11) is -1.06. The van der Waals surface area contributed by atoms with Gasteiger partial charge in [-0.3, -0.25) is 0 Å². The molecule has 0 N–H and O–H groups in total. The van der Waals surface area contributed by atoms with Gasteiger partial charge in [-0.15, -0.1) is 0 Å². The van der Waals surface area contributed by atoms with Crippen molar-refractivity contribution in [3.63, 3.8) is 0 Å². The maximum atomic E-state index is 13.9. The molecule has 3 heteroatoms. The number of rotatable bonds is 5. The normalized spacial score (nSPS) is 11.9. The third kappa shape index (κ3) is 4.55. The summed E-state index contributed by atoms with van der Waals surface area (Å²) in [5, 5.41) is 5.56. The molecular weight excluding hydrogens is 453 g/mol. The van der Waals surface area contributed by atoms with Crippen molar-refractivity contribution < 1.29 is 8.78 Å². The summed E-state index contributed by atoms with van der Waals surface area (Å²) in [6.45, 7) is 4.20. The average Bonchev–Trinajstić information content (AvgIpc) is 2.90. The zero-order valence-corrected chi connectivity index (χ0v) is 20.6. The van der Waals surface area contributed by atoms with Crippen molar-refractivity contribution in [3.8, 4) is 11.1 Å². The van der Waals surface area contributed by atoms with Crippen LogP contribution in [0.1, 0.15) is 19.4 Å². The molecule has 0 fully saturated rings. The lowest BCUT2D eigenvalue weighted by atomic mass is 9.90. The lowest BCUT2D eigenvalue weighted by Crippen LogP contribution is -2.22. The first-order valence-corrected chi connectivity index (χ1v) is 13.0. The van der Waals surface area contributed by atoms with Crippen LogP contribution in [0.25, 0.3) is 27.5 Å². The van der Waals surface area contributed by atoms with Crippen LogP contribution in [0.5, 0.6) is 0 Å². The number of benzene rings is 5. The van der Waals surface area contributed by atoms with Crippen LogP contribution in [0, 0.1) is 11.6 Å². The van der Waals surface area contributed by atoms with Crippen LogP contribution in [0.4, 0.5) is 8.78 Å². The molecule has 0 radical (unpaired) electrons. The van der Waals surface area contributed by atoms with E-state index >= 15 is 0 Å². The largest absolute Gasteiger partial charge is 0.207 e. The number of halogens is 2. The standard InChI is InChI=1S/C32H25F2P/c1-3-22(2)28-21-12-23-8-4-5-9-29(23)32(28)30-10-6-7-11-31(30)35(26-17-13-24(33)14-18-26)27-19-15-25(34)16-20-27/h3-21H,1-2H3. The van der Waals surface area contributed by atoms with E-state index in [1.54, 1.807) is 0 Å². The van der Waals surface area contributed by atoms with Crippen LogP contribution in [-0.4, -0.2) is 0 Å². The predicted molar refractivity (Wildman–Crippen MR) is 147 cm³/mol. The SMILES string of the molecule is CC=C(C)c1ccc2ccccc2c1-c1ccccc1P(c1ccc(F)cc1)c1ccc(F)cc1. The van der Waals surface area contributed by atoms with E-state index in [-0.39, 0.29) is 11.6 Å². The summed E-state index contributed by atoms with van der Waals surface area (Å²) in [6.07, 6.45) is 2.14. The molecule has 0 aliphatic heterocycles. The summed E-state index contributed by atoms with van der Waals surface area (Å²) >= 11 is 0. The second-order valence-electron chi connectivity index (χ2n) is 8.49. The summed E-state index contributed by atoms with van der Waals surface area (Å²) in [5.74, 6) is -0.535. The van der Waals surface area contributed by atoms with E-state index in [4.69, 9.17) is 0 Å². The smallest absolute Gasteiger partial charge is 0.123 e. The van der Waals surface area contributed by atoms with Gasteiger partial charge in [-0.1, -0.05) is 91.0 Å².